The van der Waals surface area contributed by atoms with Crippen LogP contribution in [0.4, 0.5) is 0 Å². The highest BCUT2D eigenvalue weighted by Gasteiger charge is 2.49. The van der Waals surface area contributed by atoms with Crippen LogP contribution >= 0.6 is 15.9 Å². The lowest BCUT2D eigenvalue weighted by atomic mass is 9.82. The minimum atomic E-state index is -1.83. The minimum Gasteiger partial charge on any atom is -0.618 e. The number of carbonyl (C=O) groups is 1. The number of carbonyl (C=O) groups excluding carboxylic acids is 1. The summed E-state index contributed by atoms with van der Waals surface area (Å²) in [6.07, 6.45) is 2.80. The molecule has 0 fully saturated rings. The van der Waals surface area contributed by atoms with Crippen LogP contribution in [0.2, 0.25) is 0 Å². The van der Waals surface area contributed by atoms with Gasteiger partial charge in [-0.3, -0.25) is 0 Å². The van der Waals surface area contributed by atoms with Crippen LogP contribution in [0.3, 0.4) is 0 Å². The first-order chi connectivity index (χ1) is 8.49. The average Bonchev–Trinajstić information content (AvgIpc) is 2.28. The Bertz CT molecular complexity index is 491. The van der Waals surface area contributed by atoms with E-state index in [1.807, 2.05) is 0 Å². The first kappa shape index (κ1) is 13.3. The Kier molecular flexibility index (Phi) is 3.59. The van der Waals surface area contributed by atoms with Crippen molar-refractivity contribution in [2.45, 2.75) is 31.8 Å². The number of ether oxygens (including phenoxy) is 1. The Morgan fingerprint density at radius 3 is 3.11 bits per heavy atom. The van der Waals surface area contributed by atoms with Crippen molar-refractivity contribution in [3.63, 3.8) is 0 Å². The molecule has 0 saturated heterocycles. The van der Waals surface area contributed by atoms with Gasteiger partial charge in [-0.1, -0.05) is 0 Å². The van der Waals surface area contributed by atoms with Gasteiger partial charge in [0.25, 0.3) is 0 Å². The summed E-state index contributed by atoms with van der Waals surface area (Å²) < 4.78 is 6.05. The van der Waals surface area contributed by atoms with Gasteiger partial charge in [-0.25, -0.2) is 4.79 Å². The second-order valence-electron chi connectivity index (χ2n) is 4.29. The number of hydrogen-bond donors (Lipinski definition) is 1. The fourth-order valence-corrected chi connectivity index (χ4v) is 2.79. The summed E-state index contributed by atoms with van der Waals surface area (Å²) in [4.78, 5) is 11.9. The van der Waals surface area contributed by atoms with E-state index in [4.69, 9.17) is 4.74 Å². The maximum atomic E-state index is 11.9. The van der Waals surface area contributed by atoms with Gasteiger partial charge in [-0.2, -0.15) is 4.73 Å². The van der Waals surface area contributed by atoms with E-state index >= 15 is 0 Å². The van der Waals surface area contributed by atoms with E-state index in [-0.39, 0.29) is 18.7 Å². The number of rotatable bonds is 2. The highest BCUT2D eigenvalue weighted by molar-refractivity contribution is 9.10. The summed E-state index contributed by atoms with van der Waals surface area (Å²) in [6, 6.07) is 1.76. The normalized spacial score (nSPS) is 22.4. The monoisotopic (exact) mass is 315 g/mol. The van der Waals surface area contributed by atoms with E-state index < -0.39 is 11.6 Å². The van der Waals surface area contributed by atoms with E-state index in [0.29, 0.717) is 27.6 Å². The van der Waals surface area contributed by atoms with Gasteiger partial charge in [0.2, 0.25) is 11.3 Å². The molecular formula is C12H14BrNO4. The Morgan fingerprint density at radius 2 is 2.44 bits per heavy atom. The van der Waals surface area contributed by atoms with Crippen molar-refractivity contribution in [3.8, 4) is 0 Å². The van der Waals surface area contributed by atoms with E-state index in [2.05, 4.69) is 15.9 Å². The van der Waals surface area contributed by atoms with Gasteiger partial charge in [0, 0.05) is 5.56 Å². The SMILES string of the molecule is CCOC(=O)C1(O)CCCc2cc(Br)c[n+]([O-])c21. The smallest absolute Gasteiger partial charge is 0.349 e. The zero-order chi connectivity index (χ0) is 13.3. The molecule has 0 aromatic carbocycles. The Hall–Kier alpha value is -1.14. The Balaban J connectivity index is 2.53. The van der Waals surface area contributed by atoms with Crippen molar-refractivity contribution < 1.29 is 19.4 Å². The van der Waals surface area contributed by atoms with Gasteiger partial charge >= 0.3 is 5.97 Å². The summed E-state index contributed by atoms with van der Waals surface area (Å²) in [5, 5.41) is 22.4. The van der Waals surface area contributed by atoms with Crippen LogP contribution in [0.5, 0.6) is 0 Å². The molecular weight excluding hydrogens is 302 g/mol. The standard InChI is InChI=1S/C12H14BrNO4/c1-2-18-11(15)12(16)5-3-4-8-6-9(13)7-14(17)10(8)12/h6-7,16H,2-5H2,1H3. The molecule has 0 radical (unpaired) electrons. The van der Waals surface area contributed by atoms with E-state index in [0.717, 1.165) is 0 Å². The van der Waals surface area contributed by atoms with E-state index in [9.17, 15) is 15.1 Å². The molecule has 1 unspecified atom stereocenters. The van der Waals surface area contributed by atoms with E-state index in [1.165, 1.54) is 6.20 Å². The van der Waals surface area contributed by atoms with Gasteiger partial charge in [0.15, 0.2) is 6.20 Å². The molecule has 0 saturated carbocycles. The largest absolute Gasteiger partial charge is 0.618 e. The second kappa shape index (κ2) is 4.85. The molecule has 6 heteroatoms. The average molecular weight is 316 g/mol. The molecule has 0 amide bonds. The van der Waals surface area contributed by atoms with Crippen LogP contribution in [-0.2, 0) is 21.6 Å². The van der Waals surface area contributed by atoms with Gasteiger partial charge in [0.1, 0.15) is 0 Å². The summed E-state index contributed by atoms with van der Waals surface area (Å²) in [5.41, 5.74) is -1.05. The van der Waals surface area contributed by atoms with Crippen molar-refractivity contribution in [3.05, 3.63) is 33.2 Å². The number of aryl methyl sites for hydroxylation is 1. The Morgan fingerprint density at radius 1 is 1.72 bits per heavy atom. The van der Waals surface area contributed by atoms with Crippen molar-refractivity contribution in [2.75, 3.05) is 6.61 Å². The van der Waals surface area contributed by atoms with Crippen LogP contribution in [0.1, 0.15) is 31.0 Å². The lowest BCUT2D eigenvalue weighted by Gasteiger charge is -2.29. The maximum Gasteiger partial charge on any atom is 0.349 e. The number of aliphatic hydroxyl groups is 1. The zero-order valence-corrected chi connectivity index (χ0v) is 11.6. The van der Waals surface area contributed by atoms with Crippen molar-refractivity contribution in [2.24, 2.45) is 0 Å². The third-order valence-corrected chi connectivity index (χ3v) is 3.50. The highest BCUT2D eigenvalue weighted by atomic mass is 79.9. The van der Waals surface area contributed by atoms with Crippen molar-refractivity contribution in [1.29, 1.82) is 0 Å². The summed E-state index contributed by atoms with van der Waals surface area (Å²) in [6.45, 7) is 1.84. The molecule has 1 aromatic rings. The summed E-state index contributed by atoms with van der Waals surface area (Å²) >= 11 is 3.23. The number of nitrogens with zero attached hydrogens (tertiary/aromatic N) is 1. The fourth-order valence-electron chi connectivity index (χ4n) is 2.33. The lowest BCUT2D eigenvalue weighted by Crippen LogP contribution is -2.50. The van der Waals surface area contributed by atoms with Gasteiger partial charge in [-0.05, 0) is 48.2 Å². The van der Waals surface area contributed by atoms with Crippen molar-refractivity contribution in [1.82, 2.24) is 0 Å². The molecule has 18 heavy (non-hydrogen) atoms. The first-order valence-electron chi connectivity index (χ1n) is 5.80. The minimum absolute atomic E-state index is 0.0930. The molecule has 0 aliphatic heterocycles. The number of aromatic nitrogens is 1. The second-order valence-corrected chi connectivity index (χ2v) is 5.21. The molecule has 1 aromatic heterocycles. The van der Waals surface area contributed by atoms with Crippen LogP contribution in [-0.4, -0.2) is 17.7 Å². The molecule has 98 valence electrons. The third-order valence-electron chi connectivity index (χ3n) is 3.07. The van der Waals surface area contributed by atoms with Gasteiger partial charge < -0.3 is 15.1 Å². The molecule has 1 N–H and O–H groups in total. The topological polar surface area (TPSA) is 73.5 Å². The van der Waals surface area contributed by atoms with Crippen LogP contribution in [0.15, 0.2) is 16.7 Å². The van der Waals surface area contributed by atoms with Gasteiger partial charge in [-0.15, -0.1) is 0 Å². The fraction of sp³-hybridized carbons (Fsp3) is 0.500. The molecule has 2 rings (SSSR count). The Labute approximate surface area is 113 Å². The molecule has 1 aliphatic rings. The number of pyridine rings is 1. The van der Waals surface area contributed by atoms with Crippen LogP contribution in [0.25, 0.3) is 0 Å². The quantitative estimate of drug-likeness (QED) is 0.505. The van der Waals surface area contributed by atoms with Gasteiger partial charge in [0.05, 0.1) is 11.1 Å². The molecule has 5 nitrogen and oxygen atoms in total. The molecule has 1 aliphatic carbocycles. The van der Waals surface area contributed by atoms with Crippen molar-refractivity contribution >= 4 is 21.9 Å². The van der Waals surface area contributed by atoms with Crippen LogP contribution < -0.4 is 4.73 Å². The summed E-state index contributed by atoms with van der Waals surface area (Å²) in [7, 11) is 0. The number of halogens is 1. The predicted molar refractivity (Wildman–Crippen MR) is 66.6 cm³/mol. The number of esters is 1. The highest BCUT2D eigenvalue weighted by Crippen LogP contribution is 2.35. The lowest BCUT2D eigenvalue weighted by molar-refractivity contribution is -0.623. The maximum absolute atomic E-state index is 11.9. The molecule has 1 heterocycles. The third kappa shape index (κ3) is 2.10. The zero-order valence-electron chi connectivity index (χ0n) is 9.98. The number of fused-ring (bicyclic) bond motifs is 1. The first-order valence-corrected chi connectivity index (χ1v) is 6.60. The molecule has 0 spiro atoms. The molecule has 0 bridgehead atoms. The number of hydrogen-bond acceptors (Lipinski definition) is 4. The molecule has 1 atom stereocenters. The van der Waals surface area contributed by atoms with E-state index in [1.54, 1.807) is 13.0 Å². The predicted octanol–water partition coefficient (Wildman–Crippen LogP) is 1.17. The summed E-state index contributed by atoms with van der Waals surface area (Å²) in [5.74, 6) is -0.752. The van der Waals surface area contributed by atoms with Crippen LogP contribution in [0, 0.1) is 5.21 Å².